The molecule has 27 heavy (non-hydrogen) atoms. The largest absolute Gasteiger partial charge is 0.493 e. The molecule has 0 amide bonds. The Hall–Kier alpha value is -2.44. The summed E-state index contributed by atoms with van der Waals surface area (Å²) in [5.41, 5.74) is 4.87. The minimum atomic E-state index is 0.00963. The Kier molecular flexibility index (Phi) is 3.91. The van der Waals surface area contributed by atoms with Crippen LogP contribution in [0.1, 0.15) is 34.2 Å². The predicted octanol–water partition coefficient (Wildman–Crippen LogP) is 1.20. The molecule has 0 bridgehead atoms. The van der Waals surface area contributed by atoms with Gasteiger partial charge in [-0.1, -0.05) is 6.07 Å². The van der Waals surface area contributed by atoms with E-state index in [9.17, 15) is 5.11 Å². The van der Waals surface area contributed by atoms with E-state index in [0.717, 1.165) is 48.1 Å². The Bertz CT molecular complexity index is 897. The third-order valence-corrected chi connectivity index (χ3v) is 6.22. The van der Waals surface area contributed by atoms with Gasteiger partial charge in [0.15, 0.2) is 23.0 Å². The number of aliphatic hydroxyl groups excluding tert-OH is 1. The first-order valence-corrected chi connectivity index (χ1v) is 9.36. The zero-order chi connectivity index (χ0) is 18.5. The standard InChI is InChI=1S/C21H23NO5/c1-24-18-7-12-5-6-22-9-15-13(3-4-17-21(15)27-11-26-17)16(10-23)20(22)14(12)8-19(18)25-2/h3-4,7-8,16,20,23H,5-6,9-11H2,1-2H3/p+1/t16-,20+/m1/s1. The number of methoxy groups -OCH3 is 2. The number of quaternary nitrogens is 1. The Labute approximate surface area is 158 Å². The lowest BCUT2D eigenvalue weighted by Gasteiger charge is -2.43. The van der Waals surface area contributed by atoms with E-state index in [4.69, 9.17) is 18.9 Å². The number of benzene rings is 2. The highest BCUT2D eigenvalue weighted by Crippen LogP contribution is 2.46. The maximum Gasteiger partial charge on any atom is 0.231 e. The molecule has 3 atom stereocenters. The zero-order valence-electron chi connectivity index (χ0n) is 15.6. The van der Waals surface area contributed by atoms with Crippen LogP contribution in [0.25, 0.3) is 0 Å². The summed E-state index contributed by atoms with van der Waals surface area (Å²) < 4.78 is 22.3. The number of rotatable bonds is 3. The normalized spacial score (nSPS) is 24.6. The van der Waals surface area contributed by atoms with Gasteiger partial charge in [0.2, 0.25) is 6.79 Å². The molecule has 2 aromatic carbocycles. The van der Waals surface area contributed by atoms with Crippen molar-refractivity contribution >= 4 is 0 Å². The summed E-state index contributed by atoms with van der Waals surface area (Å²) in [7, 11) is 3.33. The number of hydrogen-bond donors (Lipinski definition) is 2. The molecule has 0 saturated carbocycles. The fraction of sp³-hybridized carbons (Fsp3) is 0.429. The maximum atomic E-state index is 10.3. The van der Waals surface area contributed by atoms with Crippen molar-refractivity contribution in [3.63, 3.8) is 0 Å². The van der Waals surface area contributed by atoms with Crippen molar-refractivity contribution in [3.05, 3.63) is 46.5 Å². The van der Waals surface area contributed by atoms with Gasteiger partial charge in [0.05, 0.1) is 38.9 Å². The molecular weight excluding hydrogens is 346 g/mol. The van der Waals surface area contributed by atoms with Crippen LogP contribution < -0.4 is 23.8 Å². The highest BCUT2D eigenvalue weighted by Gasteiger charge is 2.45. The van der Waals surface area contributed by atoms with Gasteiger partial charge in [-0.15, -0.1) is 0 Å². The van der Waals surface area contributed by atoms with Gasteiger partial charge in [0.1, 0.15) is 12.6 Å². The van der Waals surface area contributed by atoms with Crippen molar-refractivity contribution in [1.82, 2.24) is 0 Å². The molecule has 6 nitrogen and oxygen atoms in total. The molecule has 142 valence electrons. The topological polar surface area (TPSA) is 61.6 Å². The van der Waals surface area contributed by atoms with E-state index < -0.39 is 0 Å². The Morgan fingerprint density at radius 1 is 1.11 bits per heavy atom. The molecule has 3 aliphatic heterocycles. The second kappa shape index (κ2) is 6.32. The Balaban J connectivity index is 1.64. The van der Waals surface area contributed by atoms with Crippen LogP contribution >= 0.6 is 0 Å². The molecule has 1 unspecified atom stereocenters. The van der Waals surface area contributed by atoms with Gasteiger partial charge in [0, 0.05) is 12.0 Å². The molecule has 0 radical (unpaired) electrons. The number of hydrogen-bond acceptors (Lipinski definition) is 5. The lowest BCUT2D eigenvalue weighted by molar-refractivity contribution is -0.951. The summed E-state index contributed by atoms with van der Waals surface area (Å²) in [6, 6.07) is 8.43. The van der Waals surface area contributed by atoms with Crippen LogP contribution in [0.15, 0.2) is 24.3 Å². The summed E-state index contributed by atoms with van der Waals surface area (Å²) in [5.74, 6) is 3.18. The summed E-state index contributed by atoms with van der Waals surface area (Å²) in [6.45, 7) is 2.24. The van der Waals surface area contributed by atoms with E-state index in [-0.39, 0.29) is 25.4 Å². The van der Waals surface area contributed by atoms with Crippen molar-refractivity contribution < 1.29 is 29.0 Å². The molecule has 2 aromatic rings. The van der Waals surface area contributed by atoms with Crippen molar-refractivity contribution in [2.24, 2.45) is 0 Å². The third-order valence-electron chi connectivity index (χ3n) is 6.22. The van der Waals surface area contributed by atoms with Gasteiger partial charge in [-0.2, -0.15) is 0 Å². The zero-order valence-corrected chi connectivity index (χ0v) is 15.6. The lowest BCUT2D eigenvalue weighted by Crippen LogP contribution is -3.13. The SMILES string of the molecule is COc1cc2c(cc1OC)[C@H]1[C@H](CO)c3ccc4c(c3C[NH+]1CC2)OCO4. The van der Waals surface area contributed by atoms with Crippen LogP contribution in [0, 0.1) is 0 Å². The van der Waals surface area contributed by atoms with Crippen LogP contribution in [0.5, 0.6) is 23.0 Å². The number of fused-ring (bicyclic) bond motifs is 6. The van der Waals surface area contributed by atoms with Gasteiger partial charge in [0.25, 0.3) is 0 Å². The van der Waals surface area contributed by atoms with E-state index in [1.54, 1.807) is 14.2 Å². The maximum absolute atomic E-state index is 10.3. The first-order chi connectivity index (χ1) is 13.2. The Morgan fingerprint density at radius 2 is 1.93 bits per heavy atom. The first kappa shape index (κ1) is 16.7. The average molecular weight is 370 g/mol. The van der Waals surface area contributed by atoms with Crippen LogP contribution in [0.3, 0.4) is 0 Å². The van der Waals surface area contributed by atoms with Gasteiger partial charge in [-0.05, 0) is 29.3 Å². The monoisotopic (exact) mass is 370 g/mol. The predicted molar refractivity (Wildman–Crippen MR) is 97.9 cm³/mol. The molecular formula is C21H24NO5+. The minimum absolute atomic E-state index is 0.00963. The van der Waals surface area contributed by atoms with Gasteiger partial charge in [-0.3, -0.25) is 0 Å². The molecule has 0 fully saturated rings. The summed E-state index contributed by atoms with van der Waals surface area (Å²) in [6.07, 6.45) is 0.974. The molecule has 6 heteroatoms. The second-order valence-corrected chi connectivity index (χ2v) is 7.37. The van der Waals surface area contributed by atoms with Crippen LogP contribution in [-0.4, -0.2) is 39.3 Å². The highest BCUT2D eigenvalue weighted by molar-refractivity contribution is 5.55. The molecule has 0 spiro atoms. The quantitative estimate of drug-likeness (QED) is 0.850. The van der Waals surface area contributed by atoms with Crippen molar-refractivity contribution in [2.75, 3.05) is 34.2 Å². The smallest absolute Gasteiger partial charge is 0.231 e. The third kappa shape index (κ3) is 2.40. The van der Waals surface area contributed by atoms with Crippen LogP contribution in [0.4, 0.5) is 0 Å². The number of ether oxygens (including phenoxy) is 4. The fourth-order valence-electron chi connectivity index (χ4n) is 5.00. The van der Waals surface area contributed by atoms with E-state index in [1.807, 2.05) is 6.07 Å². The van der Waals surface area contributed by atoms with E-state index in [1.165, 1.54) is 21.6 Å². The molecule has 0 aliphatic carbocycles. The minimum Gasteiger partial charge on any atom is -0.493 e. The van der Waals surface area contributed by atoms with Crippen LogP contribution in [0.2, 0.25) is 0 Å². The summed E-state index contributed by atoms with van der Waals surface area (Å²) in [5, 5.41) is 10.3. The molecule has 0 aromatic heterocycles. The highest BCUT2D eigenvalue weighted by atomic mass is 16.7. The van der Waals surface area contributed by atoms with Crippen molar-refractivity contribution in [1.29, 1.82) is 0 Å². The van der Waals surface area contributed by atoms with Crippen molar-refractivity contribution in [2.45, 2.75) is 24.9 Å². The Morgan fingerprint density at radius 3 is 2.70 bits per heavy atom. The van der Waals surface area contributed by atoms with Gasteiger partial charge < -0.3 is 29.0 Å². The summed E-state index contributed by atoms with van der Waals surface area (Å²) in [4.78, 5) is 1.45. The molecule has 2 N–H and O–H groups in total. The average Bonchev–Trinajstić information content (AvgIpc) is 3.20. The number of nitrogens with one attached hydrogen (secondary N) is 1. The van der Waals surface area contributed by atoms with E-state index in [2.05, 4.69) is 18.2 Å². The van der Waals surface area contributed by atoms with E-state index >= 15 is 0 Å². The molecule has 5 rings (SSSR count). The molecule has 0 saturated heterocycles. The lowest BCUT2D eigenvalue weighted by atomic mass is 9.76. The van der Waals surface area contributed by atoms with E-state index in [0.29, 0.717) is 0 Å². The molecule has 3 aliphatic rings. The fourth-order valence-corrected chi connectivity index (χ4v) is 5.00. The van der Waals surface area contributed by atoms with Crippen molar-refractivity contribution in [3.8, 4) is 23.0 Å². The van der Waals surface area contributed by atoms with Gasteiger partial charge in [-0.25, -0.2) is 0 Å². The molecule has 3 heterocycles. The van der Waals surface area contributed by atoms with Crippen LogP contribution in [-0.2, 0) is 13.0 Å². The first-order valence-electron chi connectivity index (χ1n) is 9.36. The number of aliphatic hydroxyl groups is 1. The second-order valence-electron chi connectivity index (χ2n) is 7.37. The summed E-state index contributed by atoms with van der Waals surface area (Å²) >= 11 is 0. The van der Waals surface area contributed by atoms with Gasteiger partial charge >= 0.3 is 0 Å².